The van der Waals surface area contributed by atoms with Gasteiger partial charge in [-0.3, -0.25) is 14.3 Å². The Morgan fingerprint density at radius 2 is 1.96 bits per heavy atom. The van der Waals surface area contributed by atoms with Crippen LogP contribution < -0.4 is 10.6 Å². The molecule has 0 atom stereocenters. The summed E-state index contributed by atoms with van der Waals surface area (Å²) in [6.07, 6.45) is 6.20. The zero-order chi connectivity index (χ0) is 19.3. The summed E-state index contributed by atoms with van der Waals surface area (Å²) >= 11 is 0. The summed E-state index contributed by atoms with van der Waals surface area (Å²) < 4.78 is 3.42. The molecule has 2 heterocycles. The molecule has 28 heavy (non-hydrogen) atoms. The number of nitrogens with one attached hydrogen (secondary N) is 2. The topological polar surface area (TPSA) is 93.8 Å². The molecule has 1 fully saturated rings. The molecule has 0 bridgehead atoms. The molecular formula is C20H22N6O2. The highest BCUT2D eigenvalue weighted by Gasteiger charge is 2.30. The monoisotopic (exact) mass is 378 g/mol. The molecule has 1 aliphatic rings. The van der Waals surface area contributed by atoms with Crippen molar-refractivity contribution in [2.24, 2.45) is 5.92 Å². The second-order valence-corrected chi connectivity index (χ2v) is 6.80. The van der Waals surface area contributed by atoms with Crippen molar-refractivity contribution in [3.05, 3.63) is 60.6 Å². The number of aromatic nitrogens is 4. The van der Waals surface area contributed by atoms with Gasteiger partial charge in [0, 0.05) is 37.5 Å². The van der Waals surface area contributed by atoms with E-state index in [-0.39, 0.29) is 23.4 Å². The molecule has 2 amide bonds. The average Bonchev–Trinajstić information content (AvgIpc) is 3.28. The van der Waals surface area contributed by atoms with Crippen LogP contribution in [0.15, 0.2) is 54.9 Å². The molecule has 4 rings (SSSR count). The SMILES string of the molecule is O=C(NCCCn1cccn1)c1cc(NC(=O)C2CC2)n(-c2ccccc2)n1. The van der Waals surface area contributed by atoms with Crippen molar-refractivity contribution in [2.75, 3.05) is 11.9 Å². The summed E-state index contributed by atoms with van der Waals surface area (Å²) in [5, 5.41) is 14.3. The molecule has 2 aromatic heterocycles. The van der Waals surface area contributed by atoms with E-state index in [9.17, 15) is 9.59 Å². The van der Waals surface area contributed by atoms with E-state index in [1.807, 2.05) is 47.3 Å². The lowest BCUT2D eigenvalue weighted by molar-refractivity contribution is -0.117. The molecule has 2 N–H and O–H groups in total. The molecule has 3 aromatic rings. The number of para-hydroxylation sites is 1. The lowest BCUT2D eigenvalue weighted by atomic mass is 10.3. The van der Waals surface area contributed by atoms with Gasteiger partial charge in [-0.15, -0.1) is 0 Å². The molecule has 8 heteroatoms. The van der Waals surface area contributed by atoms with Crippen LogP contribution in [0.25, 0.3) is 5.69 Å². The van der Waals surface area contributed by atoms with Crippen molar-refractivity contribution in [1.82, 2.24) is 24.9 Å². The van der Waals surface area contributed by atoms with E-state index in [1.54, 1.807) is 16.9 Å². The standard InChI is InChI=1S/C20H22N6O2/c27-19(15-8-9-15)23-18-14-17(24-26(18)16-6-2-1-3-7-16)20(28)21-10-4-12-25-13-5-11-22-25/h1-3,5-7,11,13-15H,4,8-10,12H2,(H,21,28)(H,23,27). The molecule has 0 unspecified atom stereocenters. The number of amides is 2. The largest absolute Gasteiger partial charge is 0.351 e. The first-order valence-corrected chi connectivity index (χ1v) is 9.43. The van der Waals surface area contributed by atoms with E-state index >= 15 is 0 Å². The molecule has 0 saturated heterocycles. The predicted molar refractivity (Wildman–Crippen MR) is 104 cm³/mol. The average molecular weight is 378 g/mol. The van der Waals surface area contributed by atoms with E-state index in [2.05, 4.69) is 20.8 Å². The Kier molecular flexibility index (Phi) is 5.18. The lowest BCUT2D eigenvalue weighted by Gasteiger charge is -2.08. The van der Waals surface area contributed by atoms with Gasteiger partial charge in [0.05, 0.1) is 5.69 Å². The fourth-order valence-electron chi connectivity index (χ4n) is 2.89. The number of nitrogens with zero attached hydrogens (tertiary/aromatic N) is 4. The molecule has 0 spiro atoms. The van der Waals surface area contributed by atoms with Gasteiger partial charge in [0.15, 0.2) is 5.69 Å². The first kappa shape index (κ1) is 18.0. The summed E-state index contributed by atoms with van der Waals surface area (Å²) in [5.74, 6) is 0.281. The van der Waals surface area contributed by atoms with Crippen LogP contribution in [0.3, 0.4) is 0 Å². The van der Waals surface area contributed by atoms with E-state index in [1.165, 1.54) is 0 Å². The van der Waals surface area contributed by atoms with Crippen LogP contribution in [0.5, 0.6) is 0 Å². The van der Waals surface area contributed by atoms with Crippen LogP contribution in [-0.4, -0.2) is 37.9 Å². The fourth-order valence-corrected chi connectivity index (χ4v) is 2.89. The highest BCUT2D eigenvalue weighted by Crippen LogP contribution is 2.30. The lowest BCUT2D eigenvalue weighted by Crippen LogP contribution is -2.25. The Hall–Kier alpha value is -3.42. The van der Waals surface area contributed by atoms with E-state index < -0.39 is 0 Å². The van der Waals surface area contributed by atoms with Crippen LogP contribution in [-0.2, 0) is 11.3 Å². The van der Waals surface area contributed by atoms with Gasteiger partial charge in [-0.05, 0) is 37.5 Å². The molecule has 144 valence electrons. The maximum absolute atomic E-state index is 12.5. The summed E-state index contributed by atoms with van der Waals surface area (Å²) in [5.41, 5.74) is 1.06. The molecule has 8 nitrogen and oxygen atoms in total. The van der Waals surface area contributed by atoms with Crippen LogP contribution in [0.2, 0.25) is 0 Å². The summed E-state index contributed by atoms with van der Waals surface area (Å²) in [4.78, 5) is 24.7. The van der Waals surface area contributed by atoms with Crippen molar-refractivity contribution in [2.45, 2.75) is 25.8 Å². The minimum absolute atomic E-state index is 0.0248. The van der Waals surface area contributed by atoms with Gasteiger partial charge in [-0.25, -0.2) is 4.68 Å². The van der Waals surface area contributed by atoms with E-state index in [0.29, 0.717) is 12.4 Å². The van der Waals surface area contributed by atoms with Crippen LogP contribution in [0.4, 0.5) is 5.82 Å². The van der Waals surface area contributed by atoms with Crippen molar-refractivity contribution in [3.8, 4) is 5.69 Å². The summed E-state index contributed by atoms with van der Waals surface area (Å²) in [6, 6.07) is 12.9. The number of hydrogen-bond donors (Lipinski definition) is 2. The van der Waals surface area contributed by atoms with Crippen LogP contribution in [0, 0.1) is 5.92 Å². The molecule has 1 saturated carbocycles. The Morgan fingerprint density at radius 3 is 2.68 bits per heavy atom. The van der Waals surface area contributed by atoms with Crippen molar-refractivity contribution in [1.29, 1.82) is 0 Å². The van der Waals surface area contributed by atoms with E-state index in [4.69, 9.17) is 0 Å². The third-order valence-corrected chi connectivity index (χ3v) is 4.55. The van der Waals surface area contributed by atoms with Crippen LogP contribution in [0.1, 0.15) is 29.8 Å². The molecular weight excluding hydrogens is 356 g/mol. The molecule has 0 radical (unpaired) electrons. The zero-order valence-electron chi connectivity index (χ0n) is 15.4. The third kappa shape index (κ3) is 4.28. The smallest absolute Gasteiger partial charge is 0.271 e. The van der Waals surface area contributed by atoms with Gasteiger partial charge < -0.3 is 10.6 Å². The van der Waals surface area contributed by atoms with Gasteiger partial charge in [0.2, 0.25) is 5.91 Å². The fraction of sp³-hybridized carbons (Fsp3) is 0.300. The number of benzene rings is 1. The van der Waals surface area contributed by atoms with Gasteiger partial charge in [-0.2, -0.15) is 10.2 Å². The summed E-state index contributed by atoms with van der Waals surface area (Å²) in [6.45, 7) is 1.25. The maximum atomic E-state index is 12.5. The number of aryl methyl sites for hydroxylation is 1. The maximum Gasteiger partial charge on any atom is 0.271 e. The van der Waals surface area contributed by atoms with Crippen molar-refractivity contribution >= 4 is 17.6 Å². The Bertz CT molecular complexity index is 945. The highest BCUT2D eigenvalue weighted by atomic mass is 16.2. The normalized spacial score (nSPS) is 13.3. The van der Waals surface area contributed by atoms with Gasteiger partial charge in [-0.1, -0.05) is 18.2 Å². The number of hydrogen-bond acceptors (Lipinski definition) is 4. The minimum atomic E-state index is -0.267. The zero-order valence-corrected chi connectivity index (χ0v) is 15.4. The van der Waals surface area contributed by atoms with Crippen molar-refractivity contribution in [3.63, 3.8) is 0 Å². The third-order valence-electron chi connectivity index (χ3n) is 4.55. The quantitative estimate of drug-likeness (QED) is 0.588. The predicted octanol–water partition coefficient (Wildman–Crippen LogP) is 2.24. The Labute approximate surface area is 162 Å². The van der Waals surface area contributed by atoms with Gasteiger partial charge in [0.1, 0.15) is 5.82 Å². The Balaban J connectivity index is 1.44. The van der Waals surface area contributed by atoms with Gasteiger partial charge >= 0.3 is 0 Å². The highest BCUT2D eigenvalue weighted by molar-refractivity contribution is 5.97. The first-order valence-electron chi connectivity index (χ1n) is 9.43. The molecule has 1 aromatic carbocycles. The van der Waals surface area contributed by atoms with Crippen molar-refractivity contribution < 1.29 is 9.59 Å². The number of anilines is 1. The molecule has 1 aliphatic carbocycles. The van der Waals surface area contributed by atoms with Gasteiger partial charge in [0.25, 0.3) is 5.91 Å². The second kappa shape index (κ2) is 8.08. The van der Waals surface area contributed by atoms with Crippen LogP contribution >= 0.6 is 0 Å². The minimum Gasteiger partial charge on any atom is -0.351 e. The first-order chi connectivity index (χ1) is 13.7. The number of carbonyl (C=O) groups excluding carboxylic acids is 2. The summed E-state index contributed by atoms with van der Waals surface area (Å²) in [7, 11) is 0. The molecule has 0 aliphatic heterocycles. The number of rotatable bonds is 8. The van der Waals surface area contributed by atoms with E-state index in [0.717, 1.165) is 31.5 Å². The second-order valence-electron chi connectivity index (χ2n) is 6.80. The Morgan fingerprint density at radius 1 is 1.14 bits per heavy atom. The number of carbonyl (C=O) groups is 2.